The molecule has 0 amide bonds. The molecular weight excluding hydrogens is 519 g/mol. The summed E-state index contributed by atoms with van der Waals surface area (Å²) in [6, 6.07) is 0. The Labute approximate surface area is 123 Å². The lowest BCUT2D eigenvalue weighted by molar-refractivity contribution is 0.956. The van der Waals surface area contributed by atoms with Crippen molar-refractivity contribution in [2.75, 3.05) is 0 Å². The van der Waals surface area contributed by atoms with Crippen LogP contribution in [0.3, 0.4) is 0 Å². The van der Waals surface area contributed by atoms with Crippen LogP contribution in [-0.4, -0.2) is 16.4 Å². The fourth-order valence-electron chi connectivity index (χ4n) is 0.795. The van der Waals surface area contributed by atoms with Crippen LogP contribution in [0.2, 0.25) is 0 Å². The van der Waals surface area contributed by atoms with E-state index in [1.807, 2.05) is 0 Å². The van der Waals surface area contributed by atoms with Gasteiger partial charge in [0.15, 0.2) is 0 Å². The predicted molar refractivity (Wildman–Crippen MR) is 83.5 cm³/mol. The smallest absolute Gasteiger partial charge is 0.149 e. The minimum Gasteiger partial charge on any atom is -0.254 e. The molecule has 1 rings (SSSR count). The van der Waals surface area contributed by atoms with E-state index in [-0.39, 0.29) is 0 Å². The molecule has 1 heterocycles. The molecule has 1 aromatic heterocycles. The molecule has 0 saturated heterocycles. The summed E-state index contributed by atoms with van der Waals surface area (Å²) >= 11 is 6.61. The molecule has 14 heavy (non-hydrogen) atoms. The molecule has 0 N–H and O–H groups in total. The Morgan fingerprint density at radius 2 is 1.93 bits per heavy atom. The fraction of sp³-hybridized carbons (Fsp3) is 0.125. The molecule has 0 aromatic carbocycles. The first kappa shape index (κ1) is 12.7. The number of halogens is 3. The number of aliphatic imine (C=N–C) groups is 1. The monoisotopic (exact) mass is 525 g/mol. The average molecular weight is 525 g/mol. The van der Waals surface area contributed by atoms with Crippen molar-refractivity contribution in [2.24, 2.45) is 4.99 Å². The minimum absolute atomic E-state index is 0.827. The first-order chi connectivity index (χ1) is 6.70. The number of alkyl halides is 1. The summed E-state index contributed by atoms with van der Waals surface area (Å²) in [6.07, 6.45) is 3.32. The second kappa shape index (κ2) is 6.30. The highest BCUT2D eigenvalue weighted by Crippen LogP contribution is 2.28. The molecule has 0 saturated carbocycles. The number of rotatable bonds is 3. The number of hydrogen-bond acceptors (Lipinski definition) is 3. The molecule has 0 bridgehead atoms. The van der Waals surface area contributed by atoms with Gasteiger partial charge in [0.25, 0.3) is 0 Å². The fourth-order valence-corrected chi connectivity index (χ4v) is 3.37. The Morgan fingerprint density at radius 1 is 1.29 bits per heavy atom. The third-order valence-corrected chi connectivity index (χ3v) is 3.75. The molecule has 0 radical (unpaired) electrons. The van der Waals surface area contributed by atoms with Gasteiger partial charge in [-0.05, 0) is 45.2 Å². The van der Waals surface area contributed by atoms with Crippen LogP contribution < -0.4 is 0 Å². The van der Waals surface area contributed by atoms with E-state index in [4.69, 9.17) is 0 Å². The summed E-state index contributed by atoms with van der Waals surface area (Å²) in [4.78, 5) is 4.29. The topological polar surface area (TPSA) is 38.1 Å². The average Bonchev–Trinajstić information content (AvgIpc) is 2.19. The number of nitrogens with zero attached hydrogens (tertiary/aromatic N) is 3. The molecule has 0 unspecified atom stereocenters. The van der Waals surface area contributed by atoms with Gasteiger partial charge in [-0.15, -0.1) is 10.2 Å². The second-order valence-corrected chi connectivity index (χ2v) is 5.06. The van der Waals surface area contributed by atoms with Gasteiger partial charge in [-0.25, -0.2) is 0 Å². The highest BCUT2D eigenvalue weighted by atomic mass is 127. The molecule has 0 aliphatic heterocycles. The molecule has 6 heteroatoms. The third-order valence-electron chi connectivity index (χ3n) is 1.40. The zero-order valence-electron chi connectivity index (χ0n) is 7.04. The molecular formula is C8H6I3N3. The van der Waals surface area contributed by atoms with Gasteiger partial charge >= 0.3 is 0 Å². The second-order valence-electron chi connectivity index (χ2n) is 2.26. The summed E-state index contributed by atoms with van der Waals surface area (Å²) in [5.41, 5.74) is 2.03. The van der Waals surface area contributed by atoms with Crippen LogP contribution in [0.5, 0.6) is 0 Å². The summed E-state index contributed by atoms with van der Waals surface area (Å²) < 4.78 is 2.62. The summed E-state index contributed by atoms with van der Waals surface area (Å²) in [6.45, 7) is 3.59. The Kier molecular flexibility index (Phi) is 5.74. The highest BCUT2D eigenvalue weighted by molar-refractivity contribution is 14.1. The van der Waals surface area contributed by atoms with Crippen molar-refractivity contribution in [3.63, 3.8) is 0 Å². The number of hydrogen-bond donors (Lipinski definition) is 0. The molecule has 3 nitrogen and oxygen atoms in total. The van der Waals surface area contributed by atoms with E-state index in [2.05, 4.69) is 89.5 Å². The Balaban J connectivity index is 3.29. The maximum absolute atomic E-state index is 4.29. The van der Waals surface area contributed by atoms with E-state index in [9.17, 15) is 0 Å². The molecule has 0 fully saturated rings. The van der Waals surface area contributed by atoms with Crippen LogP contribution in [-0.2, 0) is 4.43 Å². The lowest BCUT2D eigenvalue weighted by Crippen LogP contribution is -1.97. The van der Waals surface area contributed by atoms with Crippen molar-refractivity contribution in [3.05, 3.63) is 25.6 Å². The molecule has 0 aliphatic rings. The molecule has 1 aromatic rings. The van der Waals surface area contributed by atoms with Crippen molar-refractivity contribution >= 4 is 79.7 Å². The molecule has 74 valence electrons. The van der Waals surface area contributed by atoms with E-state index in [1.165, 1.54) is 0 Å². The normalized spacial score (nSPS) is 10.8. The van der Waals surface area contributed by atoms with E-state index in [0.717, 1.165) is 23.1 Å². The first-order valence-electron chi connectivity index (χ1n) is 3.62. The summed E-state index contributed by atoms with van der Waals surface area (Å²) in [5.74, 6) is 0. The first-order valence-corrected chi connectivity index (χ1v) is 7.30. The minimum atomic E-state index is 0.827. The van der Waals surface area contributed by atoms with Crippen LogP contribution in [0.25, 0.3) is 0 Å². The van der Waals surface area contributed by atoms with Crippen LogP contribution in [0.15, 0.2) is 17.6 Å². The lowest BCUT2D eigenvalue weighted by Gasteiger charge is -2.04. The quantitative estimate of drug-likeness (QED) is 0.345. The van der Waals surface area contributed by atoms with Gasteiger partial charge in [0, 0.05) is 16.2 Å². The van der Waals surface area contributed by atoms with Gasteiger partial charge in [-0.1, -0.05) is 35.2 Å². The maximum Gasteiger partial charge on any atom is 0.149 e. The SMILES string of the molecule is C=CC=Nc1c(I)nnc(I)c1CI. The van der Waals surface area contributed by atoms with Crippen LogP contribution in [0.1, 0.15) is 5.56 Å². The van der Waals surface area contributed by atoms with E-state index in [0.29, 0.717) is 0 Å². The van der Waals surface area contributed by atoms with Crippen LogP contribution in [0.4, 0.5) is 5.69 Å². The molecule has 0 spiro atoms. The van der Waals surface area contributed by atoms with Gasteiger partial charge in [0.2, 0.25) is 0 Å². The number of allylic oxidation sites excluding steroid dienone is 1. The van der Waals surface area contributed by atoms with Crippen molar-refractivity contribution in [1.29, 1.82) is 0 Å². The Morgan fingerprint density at radius 3 is 2.50 bits per heavy atom. The molecule has 0 aliphatic carbocycles. The lowest BCUT2D eigenvalue weighted by atomic mass is 10.3. The van der Waals surface area contributed by atoms with Gasteiger partial charge in [0.05, 0.1) is 0 Å². The number of aromatic nitrogens is 2. The van der Waals surface area contributed by atoms with Crippen LogP contribution in [0, 0.1) is 7.40 Å². The van der Waals surface area contributed by atoms with Crippen LogP contribution >= 0.6 is 67.8 Å². The largest absolute Gasteiger partial charge is 0.254 e. The van der Waals surface area contributed by atoms with E-state index < -0.39 is 0 Å². The zero-order chi connectivity index (χ0) is 10.6. The van der Waals surface area contributed by atoms with E-state index in [1.54, 1.807) is 12.3 Å². The third kappa shape index (κ3) is 3.08. The predicted octanol–water partition coefficient (Wildman–Crippen LogP) is 3.51. The van der Waals surface area contributed by atoms with Gasteiger partial charge in [-0.3, -0.25) is 4.99 Å². The maximum atomic E-state index is 4.29. The van der Waals surface area contributed by atoms with Crippen molar-refractivity contribution in [3.8, 4) is 0 Å². The Bertz CT molecular complexity index is 376. The summed E-state index contributed by atoms with van der Waals surface area (Å²) in [5, 5.41) is 8.06. The van der Waals surface area contributed by atoms with Crippen molar-refractivity contribution < 1.29 is 0 Å². The Hall–Kier alpha value is 0.680. The zero-order valence-corrected chi connectivity index (χ0v) is 13.5. The van der Waals surface area contributed by atoms with Gasteiger partial charge < -0.3 is 0 Å². The van der Waals surface area contributed by atoms with E-state index >= 15 is 0 Å². The summed E-state index contributed by atoms with van der Waals surface area (Å²) in [7, 11) is 0. The van der Waals surface area contributed by atoms with Gasteiger partial charge in [-0.2, -0.15) is 0 Å². The van der Waals surface area contributed by atoms with Crippen molar-refractivity contribution in [1.82, 2.24) is 10.2 Å². The van der Waals surface area contributed by atoms with Gasteiger partial charge in [0.1, 0.15) is 13.1 Å². The molecule has 0 atom stereocenters. The highest BCUT2D eigenvalue weighted by Gasteiger charge is 2.10. The standard InChI is InChI=1S/C8H6I3N3/c1-2-3-12-6-5(4-9)7(10)13-14-8(6)11/h2-3H,1,4H2. The van der Waals surface area contributed by atoms with Crippen molar-refractivity contribution in [2.45, 2.75) is 4.43 Å².